The lowest BCUT2D eigenvalue weighted by Gasteiger charge is -2.19. The quantitative estimate of drug-likeness (QED) is 0.691. The first-order valence-electron chi connectivity index (χ1n) is 8.23. The molecular weight excluding hydrogens is 391 g/mol. The summed E-state index contributed by atoms with van der Waals surface area (Å²) in [5.41, 5.74) is 3.13. The van der Waals surface area contributed by atoms with Gasteiger partial charge in [0.2, 0.25) is 11.8 Å². The van der Waals surface area contributed by atoms with E-state index in [-0.39, 0.29) is 18.9 Å². The van der Waals surface area contributed by atoms with Gasteiger partial charge in [-0.2, -0.15) is 0 Å². The van der Waals surface area contributed by atoms with E-state index in [9.17, 15) is 14.7 Å². The summed E-state index contributed by atoms with van der Waals surface area (Å²) in [6, 6.07) is 8.68. The van der Waals surface area contributed by atoms with Gasteiger partial charge in [-0.3, -0.25) is 9.59 Å². The van der Waals surface area contributed by atoms with Gasteiger partial charge in [-0.05, 0) is 36.8 Å². The Balaban J connectivity index is 1.76. The number of amides is 1. The van der Waals surface area contributed by atoms with Crippen LogP contribution in [0.25, 0.3) is 22.6 Å². The third kappa shape index (κ3) is 3.15. The number of benzene rings is 2. The number of hydrogen-bond donors (Lipinski definition) is 1. The highest BCUT2D eigenvalue weighted by molar-refractivity contribution is 6.38. The molecule has 0 aliphatic carbocycles. The summed E-state index contributed by atoms with van der Waals surface area (Å²) in [4.78, 5) is 29.5. The summed E-state index contributed by atoms with van der Waals surface area (Å²) in [6.45, 7) is 2.01. The van der Waals surface area contributed by atoms with Crippen LogP contribution >= 0.6 is 23.2 Å². The molecule has 2 aromatic carbocycles. The Hall–Kier alpha value is -2.57. The Morgan fingerprint density at radius 3 is 2.78 bits per heavy atom. The van der Waals surface area contributed by atoms with Gasteiger partial charge in [0.05, 0.1) is 10.9 Å². The van der Waals surface area contributed by atoms with Crippen LogP contribution < -0.4 is 4.90 Å². The van der Waals surface area contributed by atoms with Crippen LogP contribution in [0, 0.1) is 12.8 Å². The number of oxazole rings is 1. The minimum atomic E-state index is -0.967. The normalized spacial score (nSPS) is 17.1. The Labute approximate surface area is 164 Å². The maximum Gasteiger partial charge on any atom is 0.308 e. The van der Waals surface area contributed by atoms with Crippen molar-refractivity contribution in [3.05, 3.63) is 45.9 Å². The van der Waals surface area contributed by atoms with Crippen molar-refractivity contribution >= 4 is 51.9 Å². The average molecular weight is 405 g/mol. The van der Waals surface area contributed by atoms with Crippen molar-refractivity contribution in [1.29, 1.82) is 0 Å². The first kappa shape index (κ1) is 17.8. The van der Waals surface area contributed by atoms with E-state index in [0.717, 1.165) is 5.56 Å². The fourth-order valence-electron chi connectivity index (χ4n) is 3.22. The third-order valence-electron chi connectivity index (χ3n) is 4.63. The second kappa shape index (κ2) is 6.55. The topological polar surface area (TPSA) is 83.6 Å². The number of anilines is 1. The molecule has 1 amide bonds. The molecule has 0 saturated carbocycles. The number of aryl methyl sites for hydroxylation is 1. The molecule has 1 atom stereocenters. The molecule has 0 radical (unpaired) electrons. The molecule has 1 saturated heterocycles. The van der Waals surface area contributed by atoms with Gasteiger partial charge in [0.1, 0.15) is 5.52 Å². The molecule has 1 N–H and O–H groups in total. The molecule has 138 valence electrons. The number of hydrogen-bond acceptors (Lipinski definition) is 4. The van der Waals surface area contributed by atoms with Crippen molar-refractivity contribution in [1.82, 2.24) is 4.98 Å². The molecule has 3 aromatic rings. The molecular formula is C19H14Cl2N2O4. The molecule has 0 spiro atoms. The smallest absolute Gasteiger partial charge is 0.308 e. The summed E-state index contributed by atoms with van der Waals surface area (Å²) < 4.78 is 5.78. The summed E-state index contributed by atoms with van der Waals surface area (Å²) in [5, 5.41) is 10.0. The molecule has 0 bridgehead atoms. The Kier molecular flexibility index (Phi) is 4.32. The fraction of sp³-hybridized carbons (Fsp3) is 0.211. The van der Waals surface area contributed by atoms with Gasteiger partial charge in [0.25, 0.3) is 0 Å². The van der Waals surface area contributed by atoms with E-state index in [1.165, 1.54) is 4.90 Å². The first-order valence-corrected chi connectivity index (χ1v) is 8.99. The number of carbonyl (C=O) groups is 2. The van der Waals surface area contributed by atoms with E-state index in [1.54, 1.807) is 18.2 Å². The molecule has 1 aliphatic heterocycles. The van der Waals surface area contributed by atoms with E-state index in [2.05, 4.69) is 4.98 Å². The SMILES string of the molecule is Cc1ccc(-c2nc3cc(Cl)cc(Cl)c3o2)cc1N1C[C@H](C(=O)O)CC1=O. The van der Waals surface area contributed by atoms with Crippen LogP contribution in [0.1, 0.15) is 12.0 Å². The molecule has 4 rings (SSSR count). The van der Waals surface area contributed by atoms with Crippen LogP contribution in [-0.4, -0.2) is 28.5 Å². The van der Waals surface area contributed by atoms with E-state index in [0.29, 0.717) is 38.3 Å². The van der Waals surface area contributed by atoms with Crippen molar-refractivity contribution in [3.63, 3.8) is 0 Å². The average Bonchev–Trinajstić information content (AvgIpc) is 3.19. The fourth-order valence-corrected chi connectivity index (χ4v) is 3.74. The molecule has 27 heavy (non-hydrogen) atoms. The Morgan fingerprint density at radius 2 is 2.07 bits per heavy atom. The summed E-state index contributed by atoms with van der Waals surface area (Å²) in [6.07, 6.45) is -0.00397. The zero-order chi connectivity index (χ0) is 19.3. The third-order valence-corrected chi connectivity index (χ3v) is 5.13. The number of aromatic nitrogens is 1. The molecule has 0 unspecified atom stereocenters. The van der Waals surface area contributed by atoms with Gasteiger partial charge in [-0.25, -0.2) is 4.98 Å². The Morgan fingerprint density at radius 1 is 1.30 bits per heavy atom. The highest BCUT2D eigenvalue weighted by Gasteiger charge is 2.35. The van der Waals surface area contributed by atoms with E-state index >= 15 is 0 Å². The number of rotatable bonds is 3. The minimum absolute atomic E-state index is 0.00397. The maximum absolute atomic E-state index is 12.3. The second-order valence-electron chi connectivity index (χ2n) is 6.50. The van der Waals surface area contributed by atoms with Gasteiger partial charge in [0.15, 0.2) is 5.58 Å². The molecule has 6 nitrogen and oxygen atoms in total. The minimum Gasteiger partial charge on any atom is -0.481 e. The summed E-state index contributed by atoms with van der Waals surface area (Å²) in [5.74, 6) is -1.54. The zero-order valence-electron chi connectivity index (χ0n) is 14.2. The molecule has 1 aliphatic rings. The van der Waals surface area contributed by atoms with Crippen LogP contribution in [0.5, 0.6) is 0 Å². The summed E-state index contributed by atoms with van der Waals surface area (Å²) >= 11 is 12.2. The number of nitrogens with zero attached hydrogens (tertiary/aromatic N) is 2. The van der Waals surface area contributed by atoms with E-state index in [1.807, 2.05) is 19.1 Å². The van der Waals surface area contributed by atoms with Gasteiger partial charge in [-0.1, -0.05) is 29.3 Å². The lowest BCUT2D eigenvalue weighted by Crippen LogP contribution is -2.26. The van der Waals surface area contributed by atoms with E-state index < -0.39 is 11.9 Å². The number of halogens is 2. The number of fused-ring (bicyclic) bond motifs is 1. The van der Waals surface area contributed by atoms with Gasteiger partial charge in [-0.15, -0.1) is 0 Å². The highest BCUT2D eigenvalue weighted by Crippen LogP contribution is 2.35. The highest BCUT2D eigenvalue weighted by atomic mass is 35.5. The maximum atomic E-state index is 12.3. The standard InChI is InChI=1S/C19H14Cl2N2O4/c1-9-2-3-10(4-15(9)23-8-11(19(25)26)5-16(23)24)18-22-14-7-12(20)6-13(21)17(14)27-18/h2-4,6-7,11H,5,8H2,1H3,(H,25,26)/t11-/m1/s1. The van der Waals surface area contributed by atoms with Crippen LogP contribution in [-0.2, 0) is 9.59 Å². The Bertz CT molecular complexity index is 1090. The van der Waals surface area contributed by atoms with Gasteiger partial charge in [0, 0.05) is 29.2 Å². The van der Waals surface area contributed by atoms with Crippen molar-refractivity contribution in [3.8, 4) is 11.5 Å². The van der Waals surface area contributed by atoms with Crippen LogP contribution in [0.15, 0.2) is 34.7 Å². The first-order chi connectivity index (χ1) is 12.8. The zero-order valence-corrected chi connectivity index (χ0v) is 15.7. The van der Waals surface area contributed by atoms with E-state index in [4.69, 9.17) is 27.6 Å². The largest absolute Gasteiger partial charge is 0.481 e. The predicted molar refractivity (Wildman–Crippen MR) is 102 cm³/mol. The predicted octanol–water partition coefficient (Wildman–Crippen LogP) is 4.55. The van der Waals surface area contributed by atoms with Gasteiger partial charge >= 0.3 is 5.97 Å². The lowest BCUT2D eigenvalue weighted by molar-refractivity contribution is -0.141. The van der Waals surface area contributed by atoms with Crippen molar-refractivity contribution in [2.45, 2.75) is 13.3 Å². The summed E-state index contributed by atoms with van der Waals surface area (Å²) in [7, 11) is 0. The molecule has 1 fully saturated rings. The lowest BCUT2D eigenvalue weighted by atomic mass is 10.1. The number of carboxylic acid groups (broad SMARTS) is 1. The second-order valence-corrected chi connectivity index (χ2v) is 7.34. The van der Waals surface area contributed by atoms with Crippen LogP contribution in [0.3, 0.4) is 0 Å². The van der Waals surface area contributed by atoms with Crippen LogP contribution in [0.4, 0.5) is 5.69 Å². The number of carbonyl (C=O) groups excluding carboxylic acids is 1. The molecule has 2 heterocycles. The van der Waals surface area contributed by atoms with Crippen molar-refractivity contribution in [2.24, 2.45) is 5.92 Å². The molecule has 8 heteroatoms. The van der Waals surface area contributed by atoms with Crippen LogP contribution in [0.2, 0.25) is 10.0 Å². The van der Waals surface area contributed by atoms with Gasteiger partial charge < -0.3 is 14.4 Å². The number of aliphatic carboxylic acids is 1. The van der Waals surface area contributed by atoms with Crippen molar-refractivity contribution in [2.75, 3.05) is 11.4 Å². The number of carboxylic acids is 1. The molecule has 1 aromatic heterocycles. The van der Waals surface area contributed by atoms with Crippen molar-refractivity contribution < 1.29 is 19.1 Å². The monoisotopic (exact) mass is 404 g/mol.